The molecule has 3 aromatic heterocycles. The third kappa shape index (κ3) is 6.40. The maximum atomic E-state index is 15.4. The molecular weight excluding hydrogens is 858 g/mol. The molecule has 3 atom stereocenters. The number of anilines is 1. The number of carbonyl (C=O) groups is 1. The second-order valence-electron chi connectivity index (χ2n) is 13.7. The van der Waals surface area contributed by atoms with Gasteiger partial charge in [-0.3, -0.25) is 28.2 Å². The predicted molar refractivity (Wildman–Crippen MR) is 196 cm³/mol. The van der Waals surface area contributed by atoms with E-state index in [1.165, 1.54) is 29.9 Å². The highest BCUT2D eigenvalue weighted by Gasteiger charge is 2.67. The minimum absolute atomic E-state index is 0.00555. The van der Waals surface area contributed by atoms with Crippen LogP contribution in [-0.4, -0.2) is 49.7 Å². The van der Waals surface area contributed by atoms with Gasteiger partial charge >= 0.3 is 0 Å². The summed E-state index contributed by atoms with van der Waals surface area (Å²) in [5.74, 6) is -8.91. The number of rotatable bonds is 10. The number of hydrogen-bond donors (Lipinski definition) is 2. The van der Waals surface area contributed by atoms with Gasteiger partial charge in [0.2, 0.25) is 15.9 Å². The standard InChI is InChI=1S/C35H26BrClF6N8O4S/c1-49-29-23(7-6-20(37)27(29)32(47-49)48-56(2,54)55)51-33(45-21-5-3-4-19(36)26(21)34(51)53)22(10-14-8-15(38)11-16(39)9-14)44-24(52)13-50-30-25(28(46-50)31(40)41)17-12-18(17)35(30,42)43/h3-9,11,17-18,22,31H,10,12-13H2,1-2H3,(H,44,52)(H,47,48)/t17-,18+,22-/m0/s1. The average Bonchev–Trinajstić information content (AvgIpc) is 3.63. The van der Waals surface area contributed by atoms with Crippen LogP contribution in [0, 0.1) is 17.6 Å². The number of sulfonamides is 1. The van der Waals surface area contributed by atoms with Crippen LogP contribution in [0.1, 0.15) is 53.1 Å². The molecule has 21 heteroatoms. The number of aromatic nitrogens is 6. The Balaban J connectivity index is 1.32. The first-order valence-corrected chi connectivity index (χ1v) is 19.8. The van der Waals surface area contributed by atoms with E-state index in [1.807, 2.05) is 0 Å². The third-order valence-electron chi connectivity index (χ3n) is 9.78. The predicted octanol–water partition coefficient (Wildman–Crippen LogP) is 6.78. The molecule has 8 rings (SSSR count). The van der Waals surface area contributed by atoms with Gasteiger partial charge in [0.05, 0.1) is 44.8 Å². The van der Waals surface area contributed by atoms with Crippen molar-refractivity contribution in [2.45, 2.75) is 43.7 Å². The number of nitrogens with zero attached hydrogens (tertiary/aromatic N) is 6. The van der Waals surface area contributed by atoms with Gasteiger partial charge in [-0.25, -0.2) is 31.0 Å². The Kier molecular flexibility index (Phi) is 9.03. The van der Waals surface area contributed by atoms with Crippen LogP contribution in [0.4, 0.5) is 32.2 Å². The Labute approximate surface area is 325 Å². The van der Waals surface area contributed by atoms with Crippen LogP contribution in [0.2, 0.25) is 5.02 Å². The summed E-state index contributed by atoms with van der Waals surface area (Å²) in [6, 6.07) is 8.55. The molecule has 0 radical (unpaired) electrons. The Hall–Kier alpha value is -4.95. The molecule has 1 fully saturated rings. The normalized spacial score (nSPS) is 17.7. The molecule has 0 aliphatic heterocycles. The van der Waals surface area contributed by atoms with Crippen LogP contribution in [0.3, 0.4) is 0 Å². The zero-order valence-electron chi connectivity index (χ0n) is 28.8. The number of amides is 1. The molecular formula is C35H26BrClF6N8O4S. The van der Waals surface area contributed by atoms with Crippen LogP contribution >= 0.6 is 27.5 Å². The second-order valence-corrected chi connectivity index (χ2v) is 16.7. The van der Waals surface area contributed by atoms with Crippen LogP contribution in [0.15, 0.2) is 57.8 Å². The van der Waals surface area contributed by atoms with E-state index in [0.29, 0.717) is 15.2 Å². The van der Waals surface area contributed by atoms with Crippen molar-refractivity contribution < 1.29 is 39.6 Å². The van der Waals surface area contributed by atoms with E-state index >= 15 is 8.78 Å². The van der Waals surface area contributed by atoms with Gasteiger partial charge in [-0.1, -0.05) is 17.7 Å². The molecule has 6 aromatic rings. The number of halogens is 8. The number of alkyl halides is 4. The summed E-state index contributed by atoms with van der Waals surface area (Å²) >= 11 is 9.95. The Morgan fingerprint density at radius 2 is 1.80 bits per heavy atom. The second kappa shape index (κ2) is 13.3. The van der Waals surface area contributed by atoms with Gasteiger partial charge in [0, 0.05) is 35.5 Å². The number of hydrogen-bond acceptors (Lipinski definition) is 7. The lowest BCUT2D eigenvalue weighted by Gasteiger charge is -2.24. The number of carbonyl (C=O) groups excluding carboxylic acids is 1. The van der Waals surface area contributed by atoms with Crippen molar-refractivity contribution in [1.29, 1.82) is 0 Å². The van der Waals surface area contributed by atoms with E-state index in [4.69, 9.17) is 16.6 Å². The zero-order chi connectivity index (χ0) is 40.2. The minimum Gasteiger partial charge on any atom is -0.344 e. The van der Waals surface area contributed by atoms with Gasteiger partial charge in [0.25, 0.3) is 17.9 Å². The van der Waals surface area contributed by atoms with Gasteiger partial charge in [0.1, 0.15) is 35.4 Å². The molecule has 0 saturated heterocycles. The average molecular weight is 884 g/mol. The number of nitrogens with one attached hydrogen (secondary N) is 2. The van der Waals surface area contributed by atoms with E-state index in [9.17, 15) is 35.6 Å². The smallest absolute Gasteiger partial charge is 0.293 e. The van der Waals surface area contributed by atoms with Crippen molar-refractivity contribution in [1.82, 2.24) is 34.4 Å². The van der Waals surface area contributed by atoms with Gasteiger partial charge < -0.3 is 5.32 Å². The lowest BCUT2D eigenvalue weighted by atomic mass is 10.0. The molecule has 1 amide bonds. The topological polar surface area (TPSA) is 146 Å². The Morgan fingerprint density at radius 1 is 1.09 bits per heavy atom. The van der Waals surface area contributed by atoms with Crippen LogP contribution in [0.5, 0.6) is 0 Å². The van der Waals surface area contributed by atoms with E-state index in [1.54, 1.807) is 12.1 Å². The van der Waals surface area contributed by atoms with Crippen molar-refractivity contribution in [3.63, 3.8) is 0 Å². The Morgan fingerprint density at radius 3 is 2.48 bits per heavy atom. The van der Waals surface area contributed by atoms with Crippen LogP contribution < -0.4 is 15.6 Å². The molecule has 292 valence electrons. The molecule has 1 saturated carbocycles. The first kappa shape index (κ1) is 37.9. The fourth-order valence-corrected chi connectivity index (χ4v) is 8.85. The highest BCUT2D eigenvalue weighted by molar-refractivity contribution is 9.10. The first-order valence-electron chi connectivity index (χ1n) is 16.7. The van der Waals surface area contributed by atoms with Crippen molar-refractivity contribution in [3.8, 4) is 5.69 Å². The molecule has 0 bridgehead atoms. The fourth-order valence-electron chi connectivity index (χ4n) is 7.58. The molecule has 3 heterocycles. The summed E-state index contributed by atoms with van der Waals surface area (Å²) in [5.41, 5.74) is -2.39. The van der Waals surface area contributed by atoms with Gasteiger partial charge in [-0.05, 0) is 70.2 Å². The van der Waals surface area contributed by atoms with Crippen molar-refractivity contribution in [2.75, 3.05) is 11.0 Å². The van der Waals surface area contributed by atoms with Crippen molar-refractivity contribution in [3.05, 3.63) is 108 Å². The van der Waals surface area contributed by atoms with E-state index in [0.717, 1.165) is 23.0 Å². The quantitative estimate of drug-likeness (QED) is 0.144. The summed E-state index contributed by atoms with van der Waals surface area (Å²) in [4.78, 5) is 33.4. The molecule has 3 aromatic carbocycles. The number of benzene rings is 3. The molecule has 2 aliphatic rings. The molecule has 2 N–H and O–H groups in total. The molecule has 0 spiro atoms. The Bertz CT molecular complexity index is 2810. The highest BCUT2D eigenvalue weighted by atomic mass is 79.9. The van der Waals surface area contributed by atoms with Gasteiger partial charge in [-0.15, -0.1) is 0 Å². The monoisotopic (exact) mass is 882 g/mol. The fraction of sp³-hybridized carbons (Fsp3) is 0.286. The van der Waals surface area contributed by atoms with Crippen molar-refractivity contribution >= 4 is 71.1 Å². The SMILES string of the molecule is Cn1nc(NS(C)(=O)=O)c2c(Cl)ccc(-n3c([C@H](Cc4cc(F)cc(F)c4)NC(=O)Cn4nc(C(F)F)c5c4C(F)(F)[C@@H]4C[C@H]54)nc4cccc(Br)c4c3=O)c21. The largest absolute Gasteiger partial charge is 0.344 e. The van der Waals surface area contributed by atoms with Gasteiger partial charge in [0.15, 0.2) is 5.82 Å². The first-order chi connectivity index (χ1) is 26.3. The highest BCUT2D eigenvalue weighted by Crippen LogP contribution is 2.68. The number of fused-ring (bicyclic) bond motifs is 5. The molecule has 0 unspecified atom stereocenters. The lowest BCUT2D eigenvalue weighted by molar-refractivity contribution is -0.123. The molecule has 56 heavy (non-hydrogen) atoms. The van der Waals surface area contributed by atoms with E-state index in [2.05, 4.69) is 36.2 Å². The zero-order valence-corrected chi connectivity index (χ0v) is 32.0. The minimum atomic E-state index is -3.89. The summed E-state index contributed by atoms with van der Waals surface area (Å²) in [6.45, 7) is -0.963. The van der Waals surface area contributed by atoms with E-state index in [-0.39, 0.29) is 61.7 Å². The van der Waals surface area contributed by atoms with E-state index < -0.39 is 87.7 Å². The maximum Gasteiger partial charge on any atom is 0.293 e. The molecule has 12 nitrogen and oxygen atoms in total. The van der Waals surface area contributed by atoms with Crippen LogP contribution in [-0.2, 0) is 40.8 Å². The molecule has 2 aliphatic carbocycles. The van der Waals surface area contributed by atoms with Gasteiger partial charge in [-0.2, -0.15) is 19.0 Å². The van der Waals surface area contributed by atoms with Crippen molar-refractivity contribution in [2.24, 2.45) is 13.0 Å². The third-order valence-corrected chi connectivity index (χ3v) is 11.3. The van der Waals surface area contributed by atoms with Crippen LogP contribution in [0.25, 0.3) is 27.5 Å². The summed E-state index contributed by atoms with van der Waals surface area (Å²) in [6.07, 6.45) is -2.72. The summed E-state index contributed by atoms with van der Waals surface area (Å²) in [7, 11) is -2.43. The number of aryl methyl sites for hydroxylation is 1. The summed E-state index contributed by atoms with van der Waals surface area (Å²) in [5, 5.41) is 10.8. The summed E-state index contributed by atoms with van der Waals surface area (Å²) < 4.78 is 118. The maximum absolute atomic E-state index is 15.4. The lowest BCUT2D eigenvalue weighted by Crippen LogP contribution is -2.38.